The van der Waals surface area contributed by atoms with Gasteiger partial charge in [0.25, 0.3) is 0 Å². The molecule has 1 aliphatic rings. The third kappa shape index (κ3) is 3.84. The first-order valence-electron chi connectivity index (χ1n) is 8.98. The number of methoxy groups -OCH3 is 1. The third-order valence-electron chi connectivity index (χ3n) is 5.03. The van der Waals surface area contributed by atoms with Crippen LogP contribution in [0.1, 0.15) is 5.56 Å². The molecule has 0 saturated carbocycles. The van der Waals surface area contributed by atoms with Gasteiger partial charge in [0.1, 0.15) is 11.6 Å². The summed E-state index contributed by atoms with van der Waals surface area (Å²) in [4.78, 5) is 9.12. The van der Waals surface area contributed by atoms with Gasteiger partial charge in [0.15, 0.2) is 0 Å². The molecule has 4 rings (SSSR count). The van der Waals surface area contributed by atoms with Crippen molar-refractivity contribution in [1.82, 2.24) is 9.88 Å². The smallest absolute Gasteiger partial charge is 0.123 e. The zero-order chi connectivity index (χ0) is 18.8. The molecule has 0 unspecified atom stereocenters. The molecule has 27 heavy (non-hydrogen) atoms. The summed E-state index contributed by atoms with van der Waals surface area (Å²) in [5, 5.41) is 1.81. The Morgan fingerprint density at radius 2 is 1.89 bits per heavy atom. The van der Waals surface area contributed by atoms with Crippen LogP contribution < -0.4 is 9.64 Å². The number of rotatable bonds is 4. The molecule has 1 aromatic heterocycles. The fraction of sp³-hybridized carbons (Fsp3) is 0.286. The topological polar surface area (TPSA) is 28.6 Å². The third-order valence-corrected chi connectivity index (χ3v) is 5.27. The maximum atomic E-state index is 13.6. The van der Waals surface area contributed by atoms with Crippen LogP contribution in [-0.4, -0.2) is 43.2 Å². The highest BCUT2D eigenvalue weighted by Crippen LogP contribution is 2.29. The molecule has 0 spiro atoms. The van der Waals surface area contributed by atoms with Gasteiger partial charge in [-0.15, -0.1) is 0 Å². The number of fused-ring (bicyclic) bond motifs is 1. The Bertz CT molecular complexity index is 957. The minimum Gasteiger partial charge on any atom is -0.496 e. The van der Waals surface area contributed by atoms with E-state index in [1.54, 1.807) is 19.2 Å². The lowest BCUT2D eigenvalue weighted by Crippen LogP contribution is -2.46. The van der Waals surface area contributed by atoms with E-state index in [1.165, 1.54) is 11.8 Å². The normalized spacial score (nSPS) is 15.3. The number of nitrogens with zero attached hydrogens (tertiary/aromatic N) is 3. The summed E-state index contributed by atoms with van der Waals surface area (Å²) in [5.74, 6) is 0.502. The molecule has 2 heterocycles. The molecule has 0 amide bonds. The van der Waals surface area contributed by atoms with Crippen molar-refractivity contribution in [3.05, 3.63) is 65.1 Å². The van der Waals surface area contributed by atoms with E-state index < -0.39 is 0 Å². The maximum absolute atomic E-state index is 13.6. The van der Waals surface area contributed by atoms with Crippen LogP contribution in [0.4, 0.5) is 10.1 Å². The molecule has 1 aliphatic heterocycles. The van der Waals surface area contributed by atoms with Gasteiger partial charge in [0, 0.05) is 60.6 Å². The predicted octanol–water partition coefficient (Wildman–Crippen LogP) is 4.36. The number of halogens is 2. The van der Waals surface area contributed by atoms with E-state index in [0.717, 1.165) is 48.4 Å². The quantitative estimate of drug-likeness (QED) is 0.667. The zero-order valence-electron chi connectivity index (χ0n) is 15.2. The molecule has 0 bridgehead atoms. The van der Waals surface area contributed by atoms with Gasteiger partial charge in [-0.1, -0.05) is 11.6 Å². The Morgan fingerprint density at radius 1 is 1.07 bits per heavy atom. The van der Waals surface area contributed by atoms with Gasteiger partial charge in [-0.05, 0) is 42.5 Å². The average Bonchev–Trinajstić information content (AvgIpc) is 2.68. The van der Waals surface area contributed by atoms with Crippen LogP contribution in [0, 0.1) is 5.82 Å². The van der Waals surface area contributed by atoms with Crippen molar-refractivity contribution in [3.8, 4) is 5.75 Å². The van der Waals surface area contributed by atoms with E-state index in [0.29, 0.717) is 11.6 Å². The van der Waals surface area contributed by atoms with E-state index in [9.17, 15) is 4.39 Å². The summed E-state index contributed by atoms with van der Waals surface area (Å²) in [6, 6.07) is 12.6. The monoisotopic (exact) mass is 385 g/mol. The van der Waals surface area contributed by atoms with Crippen molar-refractivity contribution in [1.29, 1.82) is 0 Å². The van der Waals surface area contributed by atoms with Crippen molar-refractivity contribution in [2.75, 3.05) is 38.2 Å². The Hall–Kier alpha value is -2.37. The largest absolute Gasteiger partial charge is 0.496 e. The van der Waals surface area contributed by atoms with Crippen molar-refractivity contribution >= 4 is 28.2 Å². The van der Waals surface area contributed by atoms with Crippen LogP contribution in [0.5, 0.6) is 5.75 Å². The number of aromatic nitrogens is 1. The first-order valence-corrected chi connectivity index (χ1v) is 9.36. The lowest BCUT2D eigenvalue weighted by molar-refractivity contribution is 0.246. The van der Waals surface area contributed by atoms with Crippen LogP contribution in [0.25, 0.3) is 10.9 Å². The molecule has 3 aromatic rings. The molecule has 1 saturated heterocycles. The first kappa shape index (κ1) is 18.0. The summed E-state index contributed by atoms with van der Waals surface area (Å²) < 4.78 is 19.0. The standard InChI is InChI=1S/C21H21ClFN3O/c1-27-21-5-3-17(23)12-15(21)14-25-8-10-26(11-9-25)20-6-7-24-19-13-16(22)2-4-18(19)20/h2-7,12-13H,8-11,14H2,1H3. The van der Waals surface area contributed by atoms with E-state index in [4.69, 9.17) is 16.3 Å². The highest BCUT2D eigenvalue weighted by atomic mass is 35.5. The molecular formula is C21H21ClFN3O. The molecule has 0 aliphatic carbocycles. The zero-order valence-corrected chi connectivity index (χ0v) is 15.9. The van der Waals surface area contributed by atoms with Gasteiger partial charge in [-0.3, -0.25) is 9.88 Å². The van der Waals surface area contributed by atoms with Crippen molar-refractivity contribution in [3.63, 3.8) is 0 Å². The minimum atomic E-state index is -0.230. The highest BCUT2D eigenvalue weighted by molar-refractivity contribution is 6.31. The number of pyridine rings is 1. The van der Waals surface area contributed by atoms with Crippen LogP contribution in [0.2, 0.25) is 5.02 Å². The summed E-state index contributed by atoms with van der Waals surface area (Å²) in [7, 11) is 1.62. The number of ether oxygens (including phenoxy) is 1. The Balaban J connectivity index is 1.48. The fourth-order valence-corrected chi connectivity index (χ4v) is 3.81. The molecule has 0 radical (unpaired) electrons. The van der Waals surface area contributed by atoms with Crippen LogP contribution in [0.3, 0.4) is 0 Å². The van der Waals surface area contributed by atoms with Crippen LogP contribution in [0.15, 0.2) is 48.7 Å². The minimum absolute atomic E-state index is 0.230. The lowest BCUT2D eigenvalue weighted by atomic mass is 10.1. The second-order valence-corrected chi connectivity index (χ2v) is 7.15. The molecule has 0 N–H and O–H groups in total. The Kier molecular flexibility index (Phi) is 5.14. The SMILES string of the molecule is COc1ccc(F)cc1CN1CCN(c2ccnc3cc(Cl)ccc23)CC1. The molecule has 2 aromatic carbocycles. The summed E-state index contributed by atoms with van der Waals surface area (Å²) in [5.41, 5.74) is 2.97. The fourth-order valence-electron chi connectivity index (χ4n) is 3.64. The summed E-state index contributed by atoms with van der Waals surface area (Å²) >= 11 is 6.09. The average molecular weight is 386 g/mol. The van der Waals surface area contributed by atoms with Crippen molar-refractivity contribution in [2.45, 2.75) is 6.54 Å². The van der Waals surface area contributed by atoms with Gasteiger partial charge in [0.2, 0.25) is 0 Å². The van der Waals surface area contributed by atoms with Gasteiger partial charge in [-0.2, -0.15) is 0 Å². The second kappa shape index (κ2) is 7.71. The van der Waals surface area contributed by atoms with Gasteiger partial charge in [-0.25, -0.2) is 4.39 Å². The number of benzene rings is 2. The highest BCUT2D eigenvalue weighted by Gasteiger charge is 2.20. The number of hydrogen-bond donors (Lipinski definition) is 0. The van der Waals surface area contributed by atoms with E-state index in [2.05, 4.69) is 20.9 Å². The first-order chi connectivity index (χ1) is 13.1. The summed E-state index contributed by atoms with van der Waals surface area (Å²) in [6.45, 7) is 4.29. The number of anilines is 1. The lowest BCUT2D eigenvalue weighted by Gasteiger charge is -2.36. The molecule has 0 atom stereocenters. The van der Waals surface area contributed by atoms with E-state index in [1.807, 2.05) is 24.4 Å². The van der Waals surface area contributed by atoms with Crippen LogP contribution >= 0.6 is 11.6 Å². The number of piperazine rings is 1. The maximum Gasteiger partial charge on any atom is 0.123 e. The van der Waals surface area contributed by atoms with Crippen molar-refractivity contribution < 1.29 is 9.13 Å². The van der Waals surface area contributed by atoms with E-state index in [-0.39, 0.29) is 5.82 Å². The van der Waals surface area contributed by atoms with Crippen molar-refractivity contribution in [2.24, 2.45) is 0 Å². The predicted molar refractivity (Wildman–Crippen MR) is 107 cm³/mol. The van der Waals surface area contributed by atoms with E-state index >= 15 is 0 Å². The number of hydrogen-bond acceptors (Lipinski definition) is 4. The van der Waals surface area contributed by atoms with Gasteiger partial charge >= 0.3 is 0 Å². The Morgan fingerprint density at radius 3 is 2.67 bits per heavy atom. The molecule has 6 heteroatoms. The molecular weight excluding hydrogens is 365 g/mol. The summed E-state index contributed by atoms with van der Waals surface area (Å²) in [6.07, 6.45) is 1.83. The second-order valence-electron chi connectivity index (χ2n) is 6.71. The Labute approximate surface area is 163 Å². The molecule has 1 fully saturated rings. The molecule has 140 valence electrons. The van der Waals surface area contributed by atoms with Gasteiger partial charge < -0.3 is 9.64 Å². The molecule has 4 nitrogen and oxygen atoms in total. The van der Waals surface area contributed by atoms with Crippen LogP contribution in [-0.2, 0) is 6.54 Å². The van der Waals surface area contributed by atoms with Gasteiger partial charge in [0.05, 0.1) is 12.6 Å².